The number of anilines is 1. The maximum Gasteiger partial charge on any atom is 0.342 e. The van der Waals surface area contributed by atoms with E-state index in [1.54, 1.807) is 12.1 Å². The Morgan fingerprint density at radius 3 is 2.35 bits per heavy atom. The van der Waals surface area contributed by atoms with Crippen LogP contribution in [0.3, 0.4) is 0 Å². The standard InChI is InChI=1S/C16H13Cl2NO4/c1-9(23-16(22)13-4-2-3-5-14(13)20)15(21)19-12-7-10(17)6-11(18)8-12/h2-9,20H,1H3,(H,19,21)/t9-/m1/s1. The van der Waals surface area contributed by atoms with Gasteiger partial charge in [0.2, 0.25) is 0 Å². The average molecular weight is 354 g/mol. The number of hydrogen-bond acceptors (Lipinski definition) is 4. The van der Waals surface area contributed by atoms with Gasteiger partial charge in [-0.05, 0) is 37.3 Å². The van der Waals surface area contributed by atoms with Crippen molar-refractivity contribution in [3.05, 3.63) is 58.1 Å². The summed E-state index contributed by atoms with van der Waals surface area (Å²) in [6.45, 7) is 1.42. The fourth-order valence-corrected chi connectivity index (χ4v) is 2.32. The molecular weight excluding hydrogens is 341 g/mol. The molecule has 0 saturated carbocycles. The lowest BCUT2D eigenvalue weighted by Gasteiger charge is -2.14. The van der Waals surface area contributed by atoms with E-state index in [9.17, 15) is 14.7 Å². The number of phenolic OH excluding ortho intramolecular Hbond substituents is 1. The number of esters is 1. The maximum atomic E-state index is 12.0. The number of nitrogens with one attached hydrogen (secondary N) is 1. The Morgan fingerprint density at radius 2 is 1.74 bits per heavy atom. The molecule has 2 N–H and O–H groups in total. The fourth-order valence-electron chi connectivity index (χ4n) is 1.79. The molecule has 1 atom stereocenters. The molecule has 1 amide bonds. The van der Waals surface area contributed by atoms with E-state index in [-0.39, 0.29) is 11.3 Å². The largest absolute Gasteiger partial charge is 0.507 e. The first-order valence-electron chi connectivity index (χ1n) is 6.63. The van der Waals surface area contributed by atoms with Gasteiger partial charge in [-0.2, -0.15) is 0 Å². The van der Waals surface area contributed by atoms with Crippen molar-refractivity contribution >= 4 is 40.8 Å². The van der Waals surface area contributed by atoms with Crippen molar-refractivity contribution in [2.45, 2.75) is 13.0 Å². The van der Waals surface area contributed by atoms with Gasteiger partial charge in [-0.25, -0.2) is 4.79 Å². The highest BCUT2D eigenvalue weighted by Crippen LogP contribution is 2.23. The summed E-state index contributed by atoms with van der Waals surface area (Å²) in [6.07, 6.45) is -1.07. The molecule has 0 aliphatic rings. The summed E-state index contributed by atoms with van der Waals surface area (Å²) in [4.78, 5) is 24.0. The predicted octanol–water partition coefficient (Wildman–Crippen LogP) is 3.88. The molecule has 0 aliphatic carbocycles. The molecule has 2 aromatic carbocycles. The highest BCUT2D eigenvalue weighted by Gasteiger charge is 2.21. The first kappa shape index (κ1) is 17.1. The molecule has 0 fully saturated rings. The summed E-state index contributed by atoms with van der Waals surface area (Å²) in [5.41, 5.74) is 0.371. The zero-order chi connectivity index (χ0) is 17.0. The highest BCUT2D eigenvalue weighted by molar-refractivity contribution is 6.35. The molecule has 0 spiro atoms. The van der Waals surface area contributed by atoms with E-state index in [4.69, 9.17) is 27.9 Å². The molecule has 0 unspecified atom stereocenters. The van der Waals surface area contributed by atoms with Crippen LogP contribution in [0.1, 0.15) is 17.3 Å². The Bertz CT molecular complexity index is 728. The van der Waals surface area contributed by atoms with Crippen LogP contribution in [-0.4, -0.2) is 23.1 Å². The van der Waals surface area contributed by atoms with E-state index in [1.165, 1.54) is 37.3 Å². The van der Waals surface area contributed by atoms with Gasteiger partial charge in [-0.15, -0.1) is 0 Å². The monoisotopic (exact) mass is 353 g/mol. The molecule has 0 aliphatic heterocycles. The number of ether oxygens (including phenoxy) is 1. The highest BCUT2D eigenvalue weighted by atomic mass is 35.5. The Kier molecular flexibility index (Phi) is 5.47. The van der Waals surface area contributed by atoms with Crippen molar-refractivity contribution in [2.75, 3.05) is 5.32 Å². The molecule has 7 heteroatoms. The van der Waals surface area contributed by atoms with Crippen molar-refractivity contribution in [3.8, 4) is 5.75 Å². The van der Waals surface area contributed by atoms with Gasteiger partial charge in [0.05, 0.1) is 0 Å². The Hall–Kier alpha value is -2.24. The number of hydrogen-bond donors (Lipinski definition) is 2. The molecule has 0 radical (unpaired) electrons. The first-order chi connectivity index (χ1) is 10.9. The first-order valence-corrected chi connectivity index (χ1v) is 7.38. The minimum absolute atomic E-state index is 0.0158. The lowest BCUT2D eigenvalue weighted by Crippen LogP contribution is -2.30. The molecule has 5 nitrogen and oxygen atoms in total. The van der Waals surface area contributed by atoms with Crippen molar-refractivity contribution < 1.29 is 19.4 Å². The van der Waals surface area contributed by atoms with Gasteiger partial charge in [-0.1, -0.05) is 35.3 Å². The van der Waals surface area contributed by atoms with E-state index >= 15 is 0 Å². The maximum absolute atomic E-state index is 12.0. The predicted molar refractivity (Wildman–Crippen MR) is 88.1 cm³/mol. The number of para-hydroxylation sites is 1. The third-order valence-corrected chi connectivity index (χ3v) is 3.34. The van der Waals surface area contributed by atoms with Crippen LogP contribution in [0.5, 0.6) is 5.75 Å². The van der Waals surface area contributed by atoms with Gasteiger partial charge >= 0.3 is 5.97 Å². The molecule has 0 aromatic heterocycles. The zero-order valence-electron chi connectivity index (χ0n) is 12.0. The van der Waals surface area contributed by atoms with E-state index in [0.29, 0.717) is 15.7 Å². The van der Waals surface area contributed by atoms with Crippen LogP contribution in [0.2, 0.25) is 10.0 Å². The van der Waals surface area contributed by atoms with Crippen molar-refractivity contribution in [1.29, 1.82) is 0 Å². The van der Waals surface area contributed by atoms with Gasteiger partial charge < -0.3 is 15.2 Å². The second-order valence-corrected chi connectivity index (χ2v) is 5.58. The Labute approximate surface area is 142 Å². The number of aromatic hydroxyl groups is 1. The van der Waals surface area contributed by atoms with Gasteiger partial charge in [0.15, 0.2) is 6.10 Å². The van der Waals surface area contributed by atoms with Crippen LogP contribution in [0.15, 0.2) is 42.5 Å². The minimum Gasteiger partial charge on any atom is -0.507 e. The van der Waals surface area contributed by atoms with Crippen LogP contribution in [0.25, 0.3) is 0 Å². The van der Waals surface area contributed by atoms with E-state index in [1.807, 2.05) is 0 Å². The second kappa shape index (κ2) is 7.35. The normalized spacial score (nSPS) is 11.6. The number of carbonyl (C=O) groups excluding carboxylic acids is 2. The van der Waals surface area contributed by atoms with E-state index < -0.39 is 18.0 Å². The average Bonchev–Trinajstić information content (AvgIpc) is 2.46. The third-order valence-electron chi connectivity index (χ3n) is 2.91. The molecule has 23 heavy (non-hydrogen) atoms. The Balaban J connectivity index is 2.02. The van der Waals surface area contributed by atoms with Gasteiger partial charge in [0, 0.05) is 15.7 Å². The molecule has 120 valence electrons. The van der Waals surface area contributed by atoms with E-state index in [2.05, 4.69) is 5.32 Å². The summed E-state index contributed by atoms with van der Waals surface area (Å²) >= 11 is 11.7. The lowest BCUT2D eigenvalue weighted by molar-refractivity contribution is -0.123. The molecular formula is C16H13Cl2NO4. The van der Waals surface area contributed by atoms with Crippen molar-refractivity contribution in [2.24, 2.45) is 0 Å². The summed E-state index contributed by atoms with van der Waals surface area (Å²) in [6, 6.07) is 10.5. The van der Waals surface area contributed by atoms with Crippen LogP contribution in [-0.2, 0) is 9.53 Å². The molecule has 0 saturated heterocycles. The zero-order valence-corrected chi connectivity index (χ0v) is 13.6. The number of phenols is 1. The molecule has 0 bridgehead atoms. The number of halogens is 2. The summed E-state index contributed by atoms with van der Waals surface area (Å²) in [5.74, 6) is -1.56. The quantitative estimate of drug-likeness (QED) is 0.817. The van der Waals surface area contributed by atoms with Gasteiger partial charge in [0.1, 0.15) is 11.3 Å². The van der Waals surface area contributed by atoms with Crippen LogP contribution < -0.4 is 5.32 Å². The molecule has 0 heterocycles. The van der Waals surface area contributed by atoms with Crippen LogP contribution in [0, 0.1) is 0 Å². The lowest BCUT2D eigenvalue weighted by atomic mass is 10.2. The summed E-state index contributed by atoms with van der Waals surface area (Å²) in [5, 5.41) is 12.9. The number of benzene rings is 2. The second-order valence-electron chi connectivity index (χ2n) is 4.71. The smallest absolute Gasteiger partial charge is 0.342 e. The summed E-state index contributed by atoms with van der Waals surface area (Å²) in [7, 11) is 0. The topological polar surface area (TPSA) is 75.6 Å². The minimum atomic E-state index is -1.07. The number of amides is 1. The van der Waals surface area contributed by atoms with Gasteiger partial charge in [-0.3, -0.25) is 4.79 Å². The van der Waals surface area contributed by atoms with Crippen LogP contribution in [0.4, 0.5) is 5.69 Å². The number of rotatable bonds is 4. The fraction of sp³-hybridized carbons (Fsp3) is 0.125. The SMILES string of the molecule is C[C@@H](OC(=O)c1ccccc1O)C(=O)Nc1cc(Cl)cc(Cl)c1. The Morgan fingerprint density at radius 1 is 1.13 bits per heavy atom. The molecule has 2 rings (SSSR count). The van der Waals surface area contributed by atoms with Crippen molar-refractivity contribution in [1.82, 2.24) is 0 Å². The van der Waals surface area contributed by atoms with Gasteiger partial charge in [0.25, 0.3) is 5.91 Å². The van der Waals surface area contributed by atoms with Crippen LogP contribution >= 0.6 is 23.2 Å². The third kappa shape index (κ3) is 4.61. The molecule has 2 aromatic rings. The summed E-state index contributed by atoms with van der Waals surface area (Å²) < 4.78 is 5.03. The van der Waals surface area contributed by atoms with E-state index in [0.717, 1.165) is 0 Å². The van der Waals surface area contributed by atoms with Crippen molar-refractivity contribution in [3.63, 3.8) is 0 Å². The number of carbonyl (C=O) groups is 2.